The van der Waals surface area contributed by atoms with E-state index in [2.05, 4.69) is 24.6 Å². The van der Waals surface area contributed by atoms with Gasteiger partial charge in [-0.25, -0.2) is 9.59 Å². The van der Waals surface area contributed by atoms with Crippen LogP contribution in [-0.2, 0) is 16.0 Å². The molecular weight excluding hydrogens is 490 g/mol. The van der Waals surface area contributed by atoms with Crippen LogP contribution in [0.2, 0.25) is 0 Å². The molecule has 0 aliphatic carbocycles. The van der Waals surface area contributed by atoms with Crippen LogP contribution in [0.3, 0.4) is 0 Å². The third-order valence-electron chi connectivity index (χ3n) is 6.23. The van der Waals surface area contributed by atoms with Gasteiger partial charge in [-0.05, 0) is 106 Å². The van der Waals surface area contributed by atoms with Crippen molar-refractivity contribution >= 4 is 11.9 Å². The largest absolute Gasteiger partial charge is 0.494 e. The molecule has 0 unspecified atom stereocenters. The van der Waals surface area contributed by atoms with Crippen LogP contribution < -0.4 is 9.47 Å². The molecule has 0 amide bonds. The number of aryl methyl sites for hydroxylation is 1. The van der Waals surface area contributed by atoms with Gasteiger partial charge in [-0.15, -0.1) is 0 Å². The van der Waals surface area contributed by atoms with Crippen LogP contribution in [0.5, 0.6) is 11.5 Å². The lowest BCUT2D eigenvalue weighted by Gasteiger charge is -2.09. The fraction of sp³-hybridized carbons (Fsp3) is 0.364. The van der Waals surface area contributed by atoms with Gasteiger partial charge in [0, 0.05) is 17.3 Å². The van der Waals surface area contributed by atoms with Gasteiger partial charge in [0.05, 0.1) is 24.5 Å². The van der Waals surface area contributed by atoms with E-state index in [0.717, 1.165) is 43.4 Å². The number of pyridine rings is 1. The summed E-state index contributed by atoms with van der Waals surface area (Å²) >= 11 is 0. The molecule has 0 saturated heterocycles. The van der Waals surface area contributed by atoms with Crippen LogP contribution in [0, 0.1) is 0 Å². The molecule has 0 aliphatic rings. The lowest BCUT2D eigenvalue weighted by molar-refractivity contribution is -0.139. The van der Waals surface area contributed by atoms with Crippen molar-refractivity contribution in [2.24, 2.45) is 0 Å². The molecule has 0 saturated carbocycles. The van der Waals surface area contributed by atoms with E-state index in [1.54, 1.807) is 43.3 Å². The van der Waals surface area contributed by atoms with Crippen molar-refractivity contribution in [3.63, 3.8) is 0 Å². The van der Waals surface area contributed by atoms with Gasteiger partial charge in [0.15, 0.2) is 0 Å². The summed E-state index contributed by atoms with van der Waals surface area (Å²) < 4.78 is 16.4. The summed E-state index contributed by atoms with van der Waals surface area (Å²) in [6, 6.07) is 18.5. The van der Waals surface area contributed by atoms with Crippen molar-refractivity contribution in [3.05, 3.63) is 90.1 Å². The minimum Gasteiger partial charge on any atom is -0.494 e. The Labute approximate surface area is 232 Å². The topological polar surface area (TPSA) is 74.7 Å². The first-order valence-corrected chi connectivity index (χ1v) is 13.8. The van der Waals surface area contributed by atoms with Crippen LogP contribution in [0.25, 0.3) is 11.3 Å². The van der Waals surface area contributed by atoms with Gasteiger partial charge in [0.1, 0.15) is 11.5 Å². The van der Waals surface area contributed by atoms with E-state index in [4.69, 9.17) is 14.2 Å². The number of hydrogen-bond acceptors (Lipinski definition) is 6. The molecule has 6 nitrogen and oxygen atoms in total. The van der Waals surface area contributed by atoms with E-state index in [1.165, 1.54) is 24.8 Å². The fourth-order valence-electron chi connectivity index (χ4n) is 3.90. The number of carbonyl (C=O) groups is 2. The monoisotopic (exact) mass is 529 g/mol. The summed E-state index contributed by atoms with van der Waals surface area (Å²) in [5.74, 6) is 0.427. The zero-order valence-corrected chi connectivity index (χ0v) is 23.1. The lowest BCUT2D eigenvalue weighted by Crippen LogP contribution is -2.08. The Bertz CT molecular complexity index is 1180. The molecule has 39 heavy (non-hydrogen) atoms. The summed E-state index contributed by atoms with van der Waals surface area (Å²) in [6.45, 7) is 8.40. The second-order valence-corrected chi connectivity index (χ2v) is 9.63. The smallest absolute Gasteiger partial charge is 0.343 e. The van der Waals surface area contributed by atoms with E-state index in [1.807, 2.05) is 24.4 Å². The molecule has 1 heterocycles. The zero-order chi connectivity index (χ0) is 27.9. The van der Waals surface area contributed by atoms with Gasteiger partial charge in [0.2, 0.25) is 0 Å². The van der Waals surface area contributed by atoms with Gasteiger partial charge in [-0.3, -0.25) is 4.98 Å². The molecule has 2 aromatic carbocycles. The van der Waals surface area contributed by atoms with Crippen molar-refractivity contribution in [1.29, 1.82) is 0 Å². The number of nitrogens with zero attached hydrogens (tertiary/aromatic N) is 1. The van der Waals surface area contributed by atoms with Crippen LogP contribution in [-0.4, -0.2) is 30.1 Å². The SMILES string of the molecule is C=C(C)C(=O)OCCCCCCOc1ccc(C(=O)Oc2ccc(-c3ccc(CCCCC)cn3)cc2)cc1. The average molecular weight is 530 g/mol. The normalized spacial score (nSPS) is 10.6. The number of unbranched alkanes of at least 4 members (excludes halogenated alkanes) is 5. The van der Waals surface area contributed by atoms with E-state index < -0.39 is 5.97 Å². The first kappa shape index (κ1) is 29.6. The number of benzene rings is 2. The number of hydrogen-bond donors (Lipinski definition) is 0. The summed E-state index contributed by atoms with van der Waals surface area (Å²) in [5, 5.41) is 0. The Kier molecular flexibility index (Phi) is 12.2. The minimum absolute atomic E-state index is 0.337. The summed E-state index contributed by atoms with van der Waals surface area (Å²) in [7, 11) is 0. The van der Waals surface area contributed by atoms with Crippen LogP contribution in [0.15, 0.2) is 79.0 Å². The first-order valence-electron chi connectivity index (χ1n) is 13.8. The van der Waals surface area contributed by atoms with E-state index in [-0.39, 0.29) is 5.97 Å². The predicted octanol–water partition coefficient (Wildman–Crippen LogP) is 7.76. The quantitative estimate of drug-likeness (QED) is 0.0817. The van der Waals surface area contributed by atoms with E-state index in [9.17, 15) is 9.59 Å². The van der Waals surface area contributed by atoms with E-state index in [0.29, 0.717) is 35.8 Å². The second-order valence-electron chi connectivity index (χ2n) is 9.63. The van der Waals surface area contributed by atoms with Gasteiger partial charge >= 0.3 is 11.9 Å². The van der Waals surface area contributed by atoms with Gasteiger partial charge in [-0.1, -0.05) is 32.4 Å². The lowest BCUT2D eigenvalue weighted by atomic mass is 10.1. The average Bonchev–Trinajstić information content (AvgIpc) is 2.95. The Morgan fingerprint density at radius 3 is 2.13 bits per heavy atom. The molecule has 0 radical (unpaired) electrons. The Hall–Kier alpha value is -3.93. The Morgan fingerprint density at radius 1 is 0.795 bits per heavy atom. The maximum absolute atomic E-state index is 12.6. The highest BCUT2D eigenvalue weighted by Crippen LogP contribution is 2.22. The van der Waals surface area contributed by atoms with Gasteiger partial charge < -0.3 is 14.2 Å². The molecule has 206 valence electrons. The molecule has 0 atom stereocenters. The van der Waals surface area contributed by atoms with Crippen LogP contribution in [0.1, 0.15) is 74.7 Å². The van der Waals surface area contributed by atoms with Crippen molar-refractivity contribution in [1.82, 2.24) is 4.98 Å². The molecule has 1 aromatic heterocycles. The minimum atomic E-state index is -0.420. The first-order chi connectivity index (χ1) is 19.0. The van der Waals surface area contributed by atoms with Crippen molar-refractivity contribution in [2.45, 2.75) is 65.2 Å². The highest BCUT2D eigenvalue weighted by molar-refractivity contribution is 5.91. The Morgan fingerprint density at radius 2 is 1.49 bits per heavy atom. The number of esters is 2. The third-order valence-corrected chi connectivity index (χ3v) is 6.23. The molecule has 3 aromatic rings. The number of rotatable bonds is 16. The number of aromatic nitrogens is 1. The summed E-state index contributed by atoms with van der Waals surface area (Å²) in [5.41, 5.74) is 4.00. The third kappa shape index (κ3) is 10.4. The van der Waals surface area contributed by atoms with Crippen LogP contribution >= 0.6 is 0 Å². The zero-order valence-electron chi connectivity index (χ0n) is 23.1. The highest BCUT2D eigenvalue weighted by Gasteiger charge is 2.10. The number of ether oxygens (including phenoxy) is 3. The molecule has 6 heteroatoms. The van der Waals surface area contributed by atoms with Crippen LogP contribution in [0.4, 0.5) is 0 Å². The predicted molar refractivity (Wildman–Crippen MR) is 154 cm³/mol. The maximum atomic E-state index is 12.6. The van der Waals surface area contributed by atoms with Crippen molar-refractivity contribution < 1.29 is 23.8 Å². The fourth-order valence-corrected chi connectivity index (χ4v) is 3.90. The van der Waals surface area contributed by atoms with Crippen molar-refractivity contribution in [3.8, 4) is 22.8 Å². The molecule has 0 aliphatic heterocycles. The van der Waals surface area contributed by atoms with E-state index >= 15 is 0 Å². The summed E-state index contributed by atoms with van der Waals surface area (Å²) in [6.07, 6.45) is 10.3. The summed E-state index contributed by atoms with van der Waals surface area (Å²) in [4.78, 5) is 28.5. The second kappa shape index (κ2) is 16.1. The standard InChI is InChI=1S/C33H39NO5/c1-4-5-8-11-26-12-21-31(34-24-26)27-13-19-30(20-14-27)39-33(36)28-15-17-29(18-16-28)37-22-9-6-7-10-23-38-32(35)25(2)3/h12-21,24H,2,4-11,22-23H2,1,3H3. The van der Waals surface area contributed by atoms with Gasteiger partial charge in [-0.2, -0.15) is 0 Å². The molecule has 0 fully saturated rings. The van der Waals surface area contributed by atoms with Crippen molar-refractivity contribution in [2.75, 3.05) is 13.2 Å². The number of carbonyl (C=O) groups excluding carboxylic acids is 2. The molecule has 0 N–H and O–H groups in total. The highest BCUT2D eigenvalue weighted by atomic mass is 16.5. The molecular formula is C33H39NO5. The maximum Gasteiger partial charge on any atom is 0.343 e. The molecule has 0 bridgehead atoms. The Balaban J connectivity index is 1.37. The molecule has 0 spiro atoms. The molecule has 3 rings (SSSR count). The van der Waals surface area contributed by atoms with Gasteiger partial charge in [0.25, 0.3) is 0 Å².